The fraction of sp³-hybridized carbons (Fsp3) is 0.661. The van der Waals surface area contributed by atoms with Crippen LogP contribution in [0.2, 0.25) is 0 Å². The highest BCUT2D eigenvalue weighted by molar-refractivity contribution is 5.76. The van der Waals surface area contributed by atoms with Crippen LogP contribution in [0.1, 0.15) is 104 Å². The molecule has 19 heteroatoms. The van der Waals surface area contributed by atoms with Gasteiger partial charge in [0, 0.05) is 6.42 Å². The third-order valence-corrected chi connectivity index (χ3v) is 12.6. The van der Waals surface area contributed by atoms with Crippen LogP contribution in [0, 0.1) is 0 Å². The number of unbranched alkanes of at least 4 members (excludes halogenated alkanes) is 3. The molecule has 17 atom stereocenters. The molecule has 0 spiro atoms. The lowest BCUT2D eigenvalue weighted by atomic mass is 9.96. The van der Waals surface area contributed by atoms with Gasteiger partial charge >= 0.3 is 0 Å². The van der Waals surface area contributed by atoms with Gasteiger partial charge in [-0.2, -0.15) is 0 Å². The van der Waals surface area contributed by atoms with Crippen LogP contribution in [-0.2, 0) is 33.2 Å². The fourth-order valence-corrected chi connectivity index (χ4v) is 8.15. The summed E-state index contributed by atoms with van der Waals surface area (Å²) in [5.41, 5.74) is 0. The third kappa shape index (κ3) is 23.9. The van der Waals surface area contributed by atoms with E-state index in [4.69, 9.17) is 28.4 Å². The molecule has 1 amide bonds. The molecular weight excluding hydrogens is 975 g/mol. The van der Waals surface area contributed by atoms with Crippen molar-refractivity contribution in [2.75, 3.05) is 26.4 Å². The van der Waals surface area contributed by atoms with Crippen LogP contribution in [0.25, 0.3) is 0 Å². The monoisotopic (exact) mass is 1060 g/mol. The molecule has 17 unspecified atom stereocenters. The van der Waals surface area contributed by atoms with Gasteiger partial charge in [-0.1, -0.05) is 130 Å². The lowest BCUT2D eigenvalue weighted by molar-refractivity contribution is -0.379. The maximum absolute atomic E-state index is 13.1. The number of hydrogen-bond donors (Lipinski definition) is 12. The van der Waals surface area contributed by atoms with E-state index in [1.54, 1.807) is 6.08 Å². The molecule has 426 valence electrons. The maximum atomic E-state index is 13.1. The Balaban J connectivity index is 1.39. The number of hydrogen-bond acceptors (Lipinski definition) is 18. The summed E-state index contributed by atoms with van der Waals surface area (Å²) in [5.74, 6) is -0.338. The summed E-state index contributed by atoms with van der Waals surface area (Å²) < 4.78 is 33.8. The molecule has 0 aliphatic carbocycles. The summed E-state index contributed by atoms with van der Waals surface area (Å²) in [4.78, 5) is 13.1. The molecule has 0 saturated carbocycles. The topological polar surface area (TPSA) is 307 Å². The van der Waals surface area contributed by atoms with Gasteiger partial charge < -0.3 is 89.9 Å². The lowest BCUT2D eigenvalue weighted by Gasteiger charge is -2.48. The minimum absolute atomic E-state index is 0.177. The minimum atomic E-state index is -1.98. The Morgan fingerprint density at radius 3 is 1.36 bits per heavy atom. The number of ether oxygens (including phenoxy) is 6. The molecule has 3 saturated heterocycles. The normalized spacial score (nSPS) is 32.1. The first-order chi connectivity index (χ1) is 36.3. The van der Waals surface area contributed by atoms with Crippen molar-refractivity contribution in [1.82, 2.24) is 5.32 Å². The van der Waals surface area contributed by atoms with E-state index in [2.05, 4.69) is 109 Å². The van der Waals surface area contributed by atoms with E-state index in [-0.39, 0.29) is 18.9 Å². The molecule has 75 heavy (non-hydrogen) atoms. The van der Waals surface area contributed by atoms with Gasteiger partial charge in [-0.3, -0.25) is 4.79 Å². The van der Waals surface area contributed by atoms with Crippen molar-refractivity contribution >= 4 is 5.91 Å². The zero-order chi connectivity index (χ0) is 54.8. The van der Waals surface area contributed by atoms with E-state index in [0.717, 1.165) is 70.6 Å². The Bertz CT molecular complexity index is 1800. The Labute approximate surface area is 443 Å². The van der Waals surface area contributed by atoms with Crippen molar-refractivity contribution in [2.24, 2.45) is 0 Å². The molecule has 0 aromatic carbocycles. The van der Waals surface area contributed by atoms with Crippen molar-refractivity contribution in [3.8, 4) is 0 Å². The standard InChI is InChI=1S/C56H89NO18/c1-3-5-7-8-9-10-11-12-13-14-15-16-17-18-19-20-21-22-23-24-25-26-27-28-29-30-32-34-44(62)57-39(40(61)33-31-6-4-2)38-70-54-50(68)47(65)52(42(36-59)72-54)75-56-51(69)48(66)53(43(37-60)73-56)74-55-49(67)46(64)45(63)41(35-58)71-55/h5,7,9-10,12-13,15-16,18-19,21-22,24-25,27-28,31,33,39-43,45-56,58-61,63-69H,3-4,6,8,11,14,17,20,23,26,29-30,32,34-38H2,1-2H3,(H,57,62)/b7-5-,10-9-,13-12-,16-15-,19-18-,22-21-,25-24-,28-27-,33-31+. The van der Waals surface area contributed by atoms with Gasteiger partial charge in [-0.25, -0.2) is 0 Å². The number of allylic oxidation sites excluding steroid dienone is 17. The zero-order valence-corrected chi connectivity index (χ0v) is 43.7. The zero-order valence-electron chi connectivity index (χ0n) is 43.7. The number of rotatable bonds is 35. The van der Waals surface area contributed by atoms with Gasteiger partial charge in [-0.05, 0) is 77.0 Å². The van der Waals surface area contributed by atoms with E-state index < -0.39 is 124 Å². The van der Waals surface area contributed by atoms with Crippen LogP contribution in [-0.4, -0.2) is 193 Å². The highest BCUT2D eigenvalue weighted by Gasteiger charge is 2.53. The van der Waals surface area contributed by atoms with Gasteiger partial charge in [0.1, 0.15) is 73.2 Å². The first kappa shape index (κ1) is 65.7. The molecule has 3 rings (SSSR count). The molecule has 19 nitrogen and oxygen atoms in total. The largest absolute Gasteiger partial charge is 0.394 e. The number of aliphatic hydroxyl groups excluding tert-OH is 11. The second-order valence-electron chi connectivity index (χ2n) is 18.6. The number of carbonyl (C=O) groups excluding carboxylic acids is 1. The van der Waals surface area contributed by atoms with E-state index in [9.17, 15) is 61.0 Å². The highest BCUT2D eigenvalue weighted by Crippen LogP contribution is 2.33. The van der Waals surface area contributed by atoms with E-state index >= 15 is 0 Å². The highest BCUT2D eigenvalue weighted by atomic mass is 16.8. The van der Waals surface area contributed by atoms with Gasteiger partial charge in [0.25, 0.3) is 0 Å². The minimum Gasteiger partial charge on any atom is -0.394 e. The second kappa shape index (κ2) is 38.9. The Morgan fingerprint density at radius 1 is 0.493 bits per heavy atom. The average Bonchev–Trinajstić information content (AvgIpc) is 3.40. The predicted octanol–water partition coefficient (Wildman–Crippen LogP) is 2.80. The molecule has 3 aliphatic heterocycles. The molecule has 0 aromatic heterocycles. The number of aliphatic hydroxyl groups is 11. The predicted molar refractivity (Wildman–Crippen MR) is 281 cm³/mol. The SMILES string of the molecule is CC/C=C\C/C=C\C/C=C\C/C=C\C/C=C\C/C=C\C/C=C\C/C=C\CCCCC(=O)NC(COC1OC(CO)C(OC2OC(CO)C(OC3OC(CO)C(O)C(O)C3O)C(O)C2O)C(O)C1O)C(O)/C=C/CCC. The van der Waals surface area contributed by atoms with Crippen LogP contribution in [0.3, 0.4) is 0 Å². The second-order valence-corrected chi connectivity index (χ2v) is 18.6. The maximum Gasteiger partial charge on any atom is 0.220 e. The Hall–Kier alpha value is -3.55. The molecule has 3 fully saturated rings. The van der Waals surface area contributed by atoms with Crippen LogP contribution in [0.4, 0.5) is 0 Å². The van der Waals surface area contributed by atoms with Gasteiger partial charge in [0.05, 0.1) is 38.6 Å². The first-order valence-corrected chi connectivity index (χ1v) is 26.6. The van der Waals surface area contributed by atoms with Gasteiger partial charge in [-0.15, -0.1) is 0 Å². The molecule has 3 aliphatic rings. The van der Waals surface area contributed by atoms with E-state index in [0.29, 0.717) is 12.8 Å². The van der Waals surface area contributed by atoms with Crippen molar-refractivity contribution in [3.05, 3.63) is 109 Å². The lowest BCUT2D eigenvalue weighted by Crippen LogP contribution is -2.66. The fourth-order valence-electron chi connectivity index (χ4n) is 8.15. The number of nitrogens with one attached hydrogen (secondary N) is 1. The van der Waals surface area contributed by atoms with Crippen molar-refractivity contribution in [1.29, 1.82) is 0 Å². The quantitative estimate of drug-likeness (QED) is 0.0321. The first-order valence-electron chi connectivity index (χ1n) is 26.6. The molecular formula is C56H89NO18. The van der Waals surface area contributed by atoms with E-state index in [1.165, 1.54) is 6.08 Å². The summed E-state index contributed by atoms with van der Waals surface area (Å²) in [6.45, 7) is 1.27. The van der Waals surface area contributed by atoms with Crippen LogP contribution in [0.15, 0.2) is 109 Å². The van der Waals surface area contributed by atoms with Crippen LogP contribution in [0.5, 0.6) is 0 Å². The molecule has 0 aromatic rings. The summed E-state index contributed by atoms with van der Waals surface area (Å²) in [5, 5.41) is 119. The van der Waals surface area contributed by atoms with Crippen LogP contribution >= 0.6 is 0 Å². The van der Waals surface area contributed by atoms with E-state index in [1.807, 2.05) is 6.92 Å². The van der Waals surface area contributed by atoms with Crippen molar-refractivity contribution in [3.63, 3.8) is 0 Å². The summed E-state index contributed by atoms with van der Waals surface area (Å²) in [6, 6.07) is -1.000. The third-order valence-electron chi connectivity index (χ3n) is 12.6. The molecule has 0 bridgehead atoms. The Morgan fingerprint density at radius 2 is 0.907 bits per heavy atom. The van der Waals surface area contributed by atoms with Crippen molar-refractivity contribution in [2.45, 2.75) is 208 Å². The summed E-state index contributed by atoms with van der Waals surface area (Å²) in [7, 11) is 0. The Kier molecular flexibility index (Phi) is 34.1. The summed E-state index contributed by atoms with van der Waals surface area (Å²) in [6.07, 6.45) is 22.2. The van der Waals surface area contributed by atoms with Gasteiger partial charge in [0.15, 0.2) is 18.9 Å². The number of carbonyl (C=O) groups is 1. The van der Waals surface area contributed by atoms with Gasteiger partial charge in [0.2, 0.25) is 5.91 Å². The van der Waals surface area contributed by atoms with Crippen molar-refractivity contribution < 1.29 is 89.4 Å². The molecule has 0 radical (unpaired) electrons. The number of amides is 1. The average molecular weight is 1060 g/mol. The summed E-state index contributed by atoms with van der Waals surface area (Å²) >= 11 is 0. The van der Waals surface area contributed by atoms with Crippen LogP contribution < -0.4 is 5.32 Å². The molecule has 3 heterocycles. The molecule has 12 N–H and O–H groups in total. The smallest absolute Gasteiger partial charge is 0.220 e.